The maximum absolute atomic E-state index is 12.8. The minimum absolute atomic E-state index is 0.00774. The van der Waals surface area contributed by atoms with Gasteiger partial charge in [-0.05, 0) is 116 Å². The minimum atomic E-state index is -4.42. The zero-order valence-corrected chi connectivity index (χ0v) is 46.5. The summed E-state index contributed by atoms with van der Waals surface area (Å²) in [5.41, 5.74) is 0. The highest BCUT2D eigenvalue weighted by Crippen LogP contribution is 2.43. The second kappa shape index (κ2) is 51.5. The number of nitrogens with zero attached hydrogens (tertiary/aromatic N) is 1. The lowest BCUT2D eigenvalue weighted by Crippen LogP contribution is -2.37. The van der Waals surface area contributed by atoms with Gasteiger partial charge in [0.25, 0.3) is 0 Å². The molecule has 0 rings (SSSR count). The van der Waals surface area contributed by atoms with Gasteiger partial charge in [0.1, 0.15) is 19.8 Å². The van der Waals surface area contributed by atoms with Crippen molar-refractivity contribution in [2.24, 2.45) is 0 Å². The predicted octanol–water partition coefficient (Wildman–Crippen LogP) is 16.9. The number of carbonyl (C=O) groups excluding carboxylic acids is 2. The average Bonchev–Trinajstić information content (AvgIpc) is 3.34. The molecule has 0 heterocycles. The Balaban J connectivity index is 4.40. The fourth-order valence-corrected chi connectivity index (χ4v) is 7.16. The molecular weight excluding hydrogens is 918 g/mol. The number of unbranched alkanes of at least 4 members (excludes halogenated alkanes) is 7. The lowest BCUT2D eigenvalue weighted by atomic mass is 10.1. The molecule has 9 nitrogen and oxygen atoms in total. The van der Waals surface area contributed by atoms with Crippen LogP contribution in [0.3, 0.4) is 0 Å². The van der Waals surface area contributed by atoms with Crippen LogP contribution in [0.5, 0.6) is 0 Å². The van der Waals surface area contributed by atoms with E-state index in [1.807, 2.05) is 27.2 Å². The highest BCUT2D eigenvalue weighted by molar-refractivity contribution is 7.47. The van der Waals surface area contributed by atoms with Gasteiger partial charge in [-0.25, -0.2) is 4.57 Å². The Labute approximate surface area is 439 Å². The summed E-state index contributed by atoms with van der Waals surface area (Å²) in [6, 6.07) is 0. The molecule has 0 aliphatic rings. The molecule has 0 radical (unpaired) electrons. The van der Waals surface area contributed by atoms with Crippen molar-refractivity contribution < 1.29 is 42.1 Å². The first-order valence-corrected chi connectivity index (χ1v) is 28.7. The Morgan fingerprint density at radius 1 is 0.431 bits per heavy atom. The van der Waals surface area contributed by atoms with Crippen LogP contribution < -0.4 is 0 Å². The smallest absolute Gasteiger partial charge is 0.462 e. The number of likely N-dealkylation sites (N-methyl/N-ethyl adjacent to an activating group) is 1. The van der Waals surface area contributed by atoms with Crippen LogP contribution in [0, 0.1) is 0 Å². The van der Waals surface area contributed by atoms with Crippen LogP contribution in [0.1, 0.15) is 168 Å². The van der Waals surface area contributed by atoms with E-state index >= 15 is 0 Å². The van der Waals surface area contributed by atoms with Gasteiger partial charge in [-0.3, -0.25) is 18.6 Å². The van der Waals surface area contributed by atoms with E-state index < -0.39 is 32.5 Å². The van der Waals surface area contributed by atoms with Crippen molar-refractivity contribution in [3.8, 4) is 0 Å². The first-order valence-electron chi connectivity index (χ1n) is 27.2. The number of esters is 2. The fraction of sp³-hybridized carbons (Fsp3) is 0.548. The Morgan fingerprint density at radius 2 is 0.764 bits per heavy atom. The van der Waals surface area contributed by atoms with Gasteiger partial charge in [-0.2, -0.15) is 0 Å². The van der Waals surface area contributed by atoms with Gasteiger partial charge in [0.15, 0.2) is 6.10 Å². The zero-order valence-electron chi connectivity index (χ0n) is 45.6. The summed E-state index contributed by atoms with van der Waals surface area (Å²) in [4.78, 5) is 35.6. The molecule has 72 heavy (non-hydrogen) atoms. The molecule has 0 aromatic carbocycles. The molecule has 0 aliphatic heterocycles. The zero-order chi connectivity index (χ0) is 52.7. The summed E-state index contributed by atoms with van der Waals surface area (Å²) in [5.74, 6) is -0.901. The van der Waals surface area contributed by atoms with Crippen molar-refractivity contribution in [1.82, 2.24) is 0 Å². The number of hydrogen-bond acceptors (Lipinski definition) is 7. The molecule has 1 N–H and O–H groups in total. The molecule has 0 amide bonds. The first kappa shape index (κ1) is 67.6. The predicted molar refractivity (Wildman–Crippen MR) is 306 cm³/mol. The fourth-order valence-electron chi connectivity index (χ4n) is 6.42. The quantitative estimate of drug-likeness (QED) is 0.0211. The van der Waals surface area contributed by atoms with E-state index in [-0.39, 0.29) is 26.1 Å². The van der Waals surface area contributed by atoms with Gasteiger partial charge in [0.2, 0.25) is 0 Å². The van der Waals surface area contributed by atoms with Gasteiger partial charge >= 0.3 is 19.8 Å². The van der Waals surface area contributed by atoms with Gasteiger partial charge in [-0.1, -0.05) is 198 Å². The molecule has 2 atom stereocenters. The SMILES string of the molecule is CC/C=C\C/C=C\C/C=C\C/C=C\C/C=C\C/C=C\C/C=C\CCCC(=O)OC(COC(=O)CCCCCCCC/C=C\C/C=C\C/C=C\C/C=C\C/C=C\C/C=C\CC)COP(=O)(O)OCC[N+](C)(C)C. The number of phosphoric ester groups is 1. The van der Waals surface area contributed by atoms with Crippen molar-refractivity contribution in [3.63, 3.8) is 0 Å². The maximum atomic E-state index is 12.8. The van der Waals surface area contributed by atoms with E-state index in [0.29, 0.717) is 30.3 Å². The molecule has 0 spiro atoms. The van der Waals surface area contributed by atoms with Crippen molar-refractivity contribution in [2.45, 2.75) is 174 Å². The van der Waals surface area contributed by atoms with E-state index in [2.05, 4.69) is 166 Å². The van der Waals surface area contributed by atoms with Crippen LogP contribution in [0.25, 0.3) is 0 Å². The van der Waals surface area contributed by atoms with Crippen LogP contribution in [0.4, 0.5) is 0 Å². The Hall–Kier alpha value is -4.37. The monoisotopic (exact) mass is 1020 g/mol. The second-order valence-electron chi connectivity index (χ2n) is 18.5. The molecule has 0 saturated heterocycles. The topological polar surface area (TPSA) is 108 Å². The van der Waals surface area contributed by atoms with Crippen LogP contribution in [-0.2, 0) is 32.7 Å². The number of phosphoric acid groups is 1. The van der Waals surface area contributed by atoms with Crippen molar-refractivity contribution in [1.29, 1.82) is 0 Å². The number of carbonyl (C=O) groups is 2. The number of allylic oxidation sites excluding steroid dienone is 26. The van der Waals surface area contributed by atoms with E-state index in [4.69, 9.17) is 18.5 Å². The molecule has 10 heteroatoms. The Bertz CT molecular complexity index is 1770. The molecule has 404 valence electrons. The third kappa shape index (κ3) is 55.0. The summed E-state index contributed by atoms with van der Waals surface area (Å²) < 4.78 is 34.4. The van der Waals surface area contributed by atoms with E-state index in [1.165, 1.54) is 0 Å². The molecule has 2 unspecified atom stereocenters. The molecule has 0 saturated carbocycles. The van der Waals surface area contributed by atoms with Gasteiger partial charge in [0, 0.05) is 12.8 Å². The van der Waals surface area contributed by atoms with E-state index in [9.17, 15) is 19.0 Å². The maximum Gasteiger partial charge on any atom is 0.472 e. The standard InChI is InChI=1S/C62H98NO8P/c1-6-8-10-12-14-16-18-20-22-24-26-28-30-31-33-34-36-38-40-42-44-46-48-50-52-54-61(64)68-58-60(59-70-72(66,67)69-57-56-63(3,4)5)71-62(65)55-53-51-49-47-45-43-41-39-37-35-32-29-27-25-23-21-19-17-15-13-11-9-7-2/h8-11,14-17,20-23,26-29,31,33,35-38,41,43,47,49,60H,6-7,12-13,18-19,24-25,30,32,34,39-40,42,44-46,48,50-59H2,1-5H3/p+1/b10-8-,11-9-,16-14-,17-15-,22-20-,23-21-,28-26-,29-27-,33-31-,37-35-,38-36-,43-41-,49-47-. The highest BCUT2D eigenvalue weighted by atomic mass is 31.2. The Morgan fingerprint density at radius 3 is 1.15 bits per heavy atom. The third-order valence-corrected chi connectivity index (χ3v) is 11.5. The molecule has 0 fully saturated rings. The van der Waals surface area contributed by atoms with Crippen LogP contribution in [0.15, 0.2) is 158 Å². The van der Waals surface area contributed by atoms with Crippen LogP contribution in [0.2, 0.25) is 0 Å². The lowest BCUT2D eigenvalue weighted by molar-refractivity contribution is -0.870. The molecular formula is C62H99NO8P+. The summed E-state index contributed by atoms with van der Waals surface area (Å²) in [7, 11) is 1.40. The molecule has 0 aliphatic carbocycles. The summed E-state index contributed by atoms with van der Waals surface area (Å²) in [6.45, 7) is 4.08. The third-order valence-electron chi connectivity index (χ3n) is 10.6. The first-order chi connectivity index (χ1) is 35.0. The van der Waals surface area contributed by atoms with Crippen LogP contribution >= 0.6 is 7.82 Å². The second-order valence-corrected chi connectivity index (χ2v) is 19.9. The summed E-state index contributed by atoms with van der Waals surface area (Å²) >= 11 is 0. The average molecular weight is 1020 g/mol. The minimum Gasteiger partial charge on any atom is -0.462 e. The van der Waals surface area contributed by atoms with Crippen molar-refractivity contribution >= 4 is 19.8 Å². The largest absolute Gasteiger partial charge is 0.472 e. The number of hydrogen-bond donors (Lipinski definition) is 1. The summed E-state index contributed by atoms with van der Waals surface area (Å²) in [6.07, 6.45) is 77.4. The van der Waals surface area contributed by atoms with Crippen molar-refractivity contribution in [3.05, 3.63) is 158 Å². The lowest BCUT2D eigenvalue weighted by Gasteiger charge is -2.24. The van der Waals surface area contributed by atoms with Crippen molar-refractivity contribution in [2.75, 3.05) is 47.5 Å². The number of ether oxygens (including phenoxy) is 2. The summed E-state index contributed by atoms with van der Waals surface area (Å²) in [5, 5.41) is 0. The van der Waals surface area contributed by atoms with Gasteiger partial charge in [0.05, 0.1) is 27.7 Å². The van der Waals surface area contributed by atoms with E-state index in [0.717, 1.165) is 122 Å². The molecule has 0 aromatic heterocycles. The highest BCUT2D eigenvalue weighted by Gasteiger charge is 2.27. The number of rotatable bonds is 47. The molecule has 0 aromatic rings. The Kier molecular flexibility index (Phi) is 48.4. The molecule has 0 bridgehead atoms. The number of quaternary nitrogens is 1. The van der Waals surface area contributed by atoms with E-state index in [1.54, 1.807) is 0 Å². The van der Waals surface area contributed by atoms with Crippen LogP contribution in [-0.4, -0.2) is 74.9 Å². The normalized spacial score (nSPS) is 14.6. The van der Waals surface area contributed by atoms with Gasteiger partial charge < -0.3 is 18.9 Å². The van der Waals surface area contributed by atoms with Gasteiger partial charge in [-0.15, -0.1) is 0 Å².